The molecule has 2 aromatic rings. The molecule has 0 radical (unpaired) electrons. The molecule has 2 amide bonds. The molecule has 1 fully saturated rings. The van der Waals surface area contributed by atoms with Crippen molar-refractivity contribution in [2.45, 2.75) is 31.8 Å². The first-order valence-electron chi connectivity index (χ1n) is 8.37. The van der Waals surface area contributed by atoms with Crippen LogP contribution in [0.25, 0.3) is 10.8 Å². The van der Waals surface area contributed by atoms with Crippen LogP contribution in [0.15, 0.2) is 42.5 Å². The molecule has 1 aliphatic rings. The van der Waals surface area contributed by atoms with E-state index in [9.17, 15) is 4.79 Å². The Hall–Kier alpha value is -2.07. The molecular weight excluding hydrogens is 286 g/mol. The minimum Gasteiger partial charge on any atom is -0.334 e. The molecule has 0 aliphatic carbocycles. The molecule has 1 heterocycles. The molecule has 0 spiro atoms. The van der Waals surface area contributed by atoms with Gasteiger partial charge in [0.05, 0.1) is 6.04 Å². The van der Waals surface area contributed by atoms with E-state index in [-0.39, 0.29) is 18.1 Å². The summed E-state index contributed by atoms with van der Waals surface area (Å²) in [5.41, 5.74) is 1.15. The maximum Gasteiger partial charge on any atom is 0.315 e. The molecule has 0 unspecified atom stereocenters. The molecule has 0 saturated carbocycles. The first-order valence-corrected chi connectivity index (χ1v) is 8.37. The third-order valence-corrected chi connectivity index (χ3v) is 4.60. The number of hydrogen-bond donors (Lipinski definition) is 2. The van der Waals surface area contributed by atoms with Crippen LogP contribution >= 0.6 is 0 Å². The molecule has 4 nitrogen and oxygen atoms in total. The molecule has 122 valence electrons. The van der Waals surface area contributed by atoms with Crippen LogP contribution < -0.4 is 10.6 Å². The number of likely N-dealkylation sites (N-methyl/N-ethyl adjacent to an activating group) is 1. The van der Waals surface area contributed by atoms with E-state index in [0.29, 0.717) is 0 Å². The molecular formula is C19H25N3O. The summed E-state index contributed by atoms with van der Waals surface area (Å²) in [6.07, 6.45) is 2.20. The van der Waals surface area contributed by atoms with Gasteiger partial charge < -0.3 is 15.5 Å². The number of likely N-dealkylation sites (tertiary alicyclic amines) is 1. The number of urea groups is 1. The highest BCUT2D eigenvalue weighted by Gasteiger charge is 2.20. The summed E-state index contributed by atoms with van der Waals surface area (Å²) >= 11 is 0. The van der Waals surface area contributed by atoms with Crippen LogP contribution in [0.3, 0.4) is 0 Å². The second-order valence-electron chi connectivity index (χ2n) is 6.51. The maximum atomic E-state index is 12.3. The number of nitrogens with zero attached hydrogens (tertiary/aromatic N) is 1. The fourth-order valence-corrected chi connectivity index (χ4v) is 3.41. The molecule has 1 aliphatic heterocycles. The number of benzene rings is 2. The monoisotopic (exact) mass is 311 g/mol. The lowest BCUT2D eigenvalue weighted by Gasteiger charge is -2.30. The van der Waals surface area contributed by atoms with Crippen molar-refractivity contribution in [2.24, 2.45) is 0 Å². The molecule has 2 N–H and O–H groups in total. The fourth-order valence-electron chi connectivity index (χ4n) is 3.41. The number of fused-ring (bicyclic) bond motifs is 1. The maximum absolute atomic E-state index is 12.3. The Morgan fingerprint density at radius 3 is 2.83 bits per heavy atom. The number of nitrogens with one attached hydrogen (secondary N) is 2. The second kappa shape index (κ2) is 7.01. The first kappa shape index (κ1) is 15.8. The highest BCUT2D eigenvalue weighted by Crippen LogP contribution is 2.24. The second-order valence-corrected chi connectivity index (χ2v) is 6.51. The van der Waals surface area contributed by atoms with E-state index < -0.39 is 0 Å². The van der Waals surface area contributed by atoms with E-state index in [0.717, 1.165) is 31.5 Å². The van der Waals surface area contributed by atoms with Crippen molar-refractivity contribution in [3.8, 4) is 0 Å². The van der Waals surface area contributed by atoms with E-state index in [1.165, 1.54) is 10.8 Å². The molecule has 0 aromatic heterocycles. The predicted octanol–water partition coefficient (Wildman–Crippen LogP) is 3.29. The summed E-state index contributed by atoms with van der Waals surface area (Å²) in [6.45, 7) is 4.08. The van der Waals surface area contributed by atoms with Crippen LogP contribution in [0.1, 0.15) is 31.4 Å². The summed E-state index contributed by atoms with van der Waals surface area (Å²) in [5, 5.41) is 8.58. The molecule has 3 rings (SSSR count). The Morgan fingerprint density at radius 2 is 2.00 bits per heavy atom. The van der Waals surface area contributed by atoms with Crippen molar-refractivity contribution >= 4 is 16.8 Å². The van der Waals surface area contributed by atoms with Gasteiger partial charge in [0.2, 0.25) is 0 Å². The topological polar surface area (TPSA) is 44.4 Å². The lowest BCUT2D eigenvalue weighted by molar-refractivity contribution is 0.207. The zero-order valence-corrected chi connectivity index (χ0v) is 13.9. The van der Waals surface area contributed by atoms with Gasteiger partial charge in [-0.3, -0.25) is 0 Å². The highest BCUT2D eigenvalue weighted by molar-refractivity contribution is 5.86. The minimum absolute atomic E-state index is 0.0255. The van der Waals surface area contributed by atoms with Gasteiger partial charge in [-0.25, -0.2) is 4.79 Å². The summed E-state index contributed by atoms with van der Waals surface area (Å²) in [4.78, 5) is 14.6. The summed E-state index contributed by atoms with van der Waals surface area (Å²) < 4.78 is 0. The zero-order valence-electron chi connectivity index (χ0n) is 13.9. The van der Waals surface area contributed by atoms with Crippen LogP contribution in [-0.4, -0.2) is 37.1 Å². The fraction of sp³-hybridized carbons (Fsp3) is 0.421. The molecule has 23 heavy (non-hydrogen) atoms. The normalized spacial score (nSPS) is 20.2. The Morgan fingerprint density at radius 1 is 1.22 bits per heavy atom. The average Bonchev–Trinajstić information content (AvgIpc) is 2.54. The van der Waals surface area contributed by atoms with Crippen LogP contribution in [0.2, 0.25) is 0 Å². The van der Waals surface area contributed by atoms with Gasteiger partial charge in [-0.1, -0.05) is 42.5 Å². The Kier molecular flexibility index (Phi) is 4.82. The number of carbonyl (C=O) groups excluding carboxylic acids is 1. The van der Waals surface area contributed by atoms with Gasteiger partial charge in [-0.15, -0.1) is 0 Å². The third kappa shape index (κ3) is 3.82. The molecule has 0 bridgehead atoms. The van der Waals surface area contributed by atoms with Gasteiger partial charge in [0.1, 0.15) is 0 Å². The van der Waals surface area contributed by atoms with E-state index in [1.807, 2.05) is 25.1 Å². The summed E-state index contributed by atoms with van der Waals surface area (Å²) in [5.74, 6) is 0. The molecule has 4 heteroatoms. The van der Waals surface area contributed by atoms with Crippen molar-refractivity contribution in [1.82, 2.24) is 15.5 Å². The Balaban J connectivity index is 1.66. The van der Waals surface area contributed by atoms with Gasteiger partial charge in [0, 0.05) is 12.6 Å². The van der Waals surface area contributed by atoms with Crippen LogP contribution in [-0.2, 0) is 0 Å². The van der Waals surface area contributed by atoms with Crippen molar-refractivity contribution in [1.29, 1.82) is 0 Å². The standard InChI is InChI=1S/C19H25N3O/c1-14(17-11-5-8-15-7-3-4-10-18(15)17)20-19(23)21-16-9-6-12-22(2)13-16/h3-5,7-8,10-11,14,16H,6,9,12-13H2,1-2H3,(H2,20,21,23)/t14-,16-/m1/s1. The van der Waals surface area contributed by atoms with Crippen molar-refractivity contribution in [3.05, 3.63) is 48.0 Å². The predicted molar refractivity (Wildman–Crippen MR) is 94.5 cm³/mol. The largest absolute Gasteiger partial charge is 0.334 e. The quantitative estimate of drug-likeness (QED) is 0.913. The SMILES string of the molecule is C[C@@H](NC(=O)N[C@@H]1CCCN(C)C1)c1cccc2ccccc12. The smallest absolute Gasteiger partial charge is 0.315 e. The summed E-state index contributed by atoms with van der Waals surface area (Å²) in [7, 11) is 2.10. The summed E-state index contributed by atoms with van der Waals surface area (Å²) in [6, 6.07) is 14.7. The molecule has 2 atom stereocenters. The van der Waals surface area contributed by atoms with Gasteiger partial charge in [0.15, 0.2) is 0 Å². The zero-order chi connectivity index (χ0) is 16.2. The Labute approximate surface area is 137 Å². The van der Waals surface area contributed by atoms with Gasteiger partial charge >= 0.3 is 6.03 Å². The van der Waals surface area contributed by atoms with E-state index >= 15 is 0 Å². The van der Waals surface area contributed by atoms with Gasteiger partial charge in [-0.2, -0.15) is 0 Å². The lowest BCUT2D eigenvalue weighted by Crippen LogP contribution is -2.49. The van der Waals surface area contributed by atoms with E-state index in [4.69, 9.17) is 0 Å². The number of rotatable bonds is 3. The number of carbonyl (C=O) groups is 1. The van der Waals surface area contributed by atoms with Crippen LogP contribution in [0.4, 0.5) is 4.79 Å². The Bertz CT molecular complexity index is 680. The van der Waals surface area contributed by atoms with Crippen LogP contribution in [0.5, 0.6) is 0 Å². The van der Waals surface area contributed by atoms with Crippen molar-refractivity contribution in [2.75, 3.05) is 20.1 Å². The molecule has 2 aromatic carbocycles. The lowest BCUT2D eigenvalue weighted by atomic mass is 10.00. The number of hydrogen-bond acceptors (Lipinski definition) is 2. The number of amides is 2. The third-order valence-electron chi connectivity index (χ3n) is 4.60. The van der Waals surface area contributed by atoms with Gasteiger partial charge in [-0.05, 0) is 49.7 Å². The first-order chi connectivity index (χ1) is 11.1. The van der Waals surface area contributed by atoms with Crippen molar-refractivity contribution < 1.29 is 4.79 Å². The average molecular weight is 311 g/mol. The number of piperidine rings is 1. The van der Waals surface area contributed by atoms with Crippen LogP contribution in [0, 0.1) is 0 Å². The van der Waals surface area contributed by atoms with E-state index in [1.54, 1.807) is 0 Å². The minimum atomic E-state index is -0.0780. The van der Waals surface area contributed by atoms with Gasteiger partial charge in [0.25, 0.3) is 0 Å². The van der Waals surface area contributed by atoms with E-state index in [2.05, 4.69) is 46.8 Å². The molecule has 1 saturated heterocycles. The van der Waals surface area contributed by atoms with Crippen molar-refractivity contribution in [3.63, 3.8) is 0 Å². The highest BCUT2D eigenvalue weighted by atomic mass is 16.2.